The van der Waals surface area contributed by atoms with Gasteiger partial charge in [0.1, 0.15) is 5.78 Å². The van der Waals surface area contributed by atoms with E-state index in [9.17, 15) is 4.79 Å². The smallest absolute Gasteiger partial charge is 0.135 e. The SMILES string of the molecule is C=C1CC(C)C(C)C(=O)CCC(C)CC(C)CC1C. The van der Waals surface area contributed by atoms with Crippen molar-refractivity contribution in [1.29, 1.82) is 0 Å². The molecule has 0 radical (unpaired) electrons. The Morgan fingerprint density at radius 1 is 1.00 bits per heavy atom. The Hall–Kier alpha value is -0.590. The van der Waals surface area contributed by atoms with Gasteiger partial charge in [-0.2, -0.15) is 0 Å². The molecule has 0 N–H and O–H groups in total. The molecule has 0 aliphatic heterocycles. The number of allylic oxidation sites excluding steroid dienone is 1. The third-order valence-corrected chi connectivity index (χ3v) is 5.09. The summed E-state index contributed by atoms with van der Waals surface area (Å²) in [6.07, 6.45) is 5.33. The molecule has 1 aliphatic rings. The fourth-order valence-electron chi connectivity index (χ4n) is 3.40. The van der Waals surface area contributed by atoms with Crippen LogP contribution in [0.15, 0.2) is 12.2 Å². The molecule has 1 rings (SSSR count). The Kier molecular flexibility index (Phi) is 6.29. The summed E-state index contributed by atoms with van der Waals surface area (Å²) >= 11 is 0. The van der Waals surface area contributed by atoms with Crippen LogP contribution in [0.4, 0.5) is 0 Å². The molecule has 1 heteroatoms. The van der Waals surface area contributed by atoms with E-state index in [1.807, 2.05) is 0 Å². The number of ketones is 1. The molecule has 19 heavy (non-hydrogen) atoms. The molecule has 1 aliphatic carbocycles. The fourth-order valence-corrected chi connectivity index (χ4v) is 3.40. The van der Waals surface area contributed by atoms with E-state index in [0.29, 0.717) is 23.5 Å². The van der Waals surface area contributed by atoms with E-state index in [4.69, 9.17) is 0 Å². The number of carbonyl (C=O) groups excluding carboxylic acids is 1. The second kappa shape index (κ2) is 7.26. The molecule has 0 heterocycles. The second-order valence-electron chi connectivity index (χ2n) is 7.22. The third kappa shape index (κ3) is 5.12. The Balaban J connectivity index is 2.78. The maximum Gasteiger partial charge on any atom is 0.135 e. The van der Waals surface area contributed by atoms with E-state index in [-0.39, 0.29) is 5.92 Å². The highest BCUT2D eigenvalue weighted by Gasteiger charge is 2.24. The van der Waals surface area contributed by atoms with Crippen molar-refractivity contribution >= 4 is 5.78 Å². The first-order valence-electron chi connectivity index (χ1n) is 8.01. The van der Waals surface area contributed by atoms with E-state index in [1.165, 1.54) is 18.4 Å². The summed E-state index contributed by atoms with van der Waals surface area (Å²) < 4.78 is 0. The lowest BCUT2D eigenvalue weighted by molar-refractivity contribution is -0.124. The Morgan fingerprint density at radius 3 is 2.26 bits per heavy atom. The van der Waals surface area contributed by atoms with Crippen LogP contribution in [0.3, 0.4) is 0 Å². The molecule has 0 aromatic rings. The number of hydrogen-bond donors (Lipinski definition) is 0. The van der Waals surface area contributed by atoms with Crippen LogP contribution in [-0.2, 0) is 4.79 Å². The Bertz CT molecular complexity index is 318. The quantitative estimate of drug-likeness (QED) is 0.546. The van der Waals surface area contributed by atoms with Crippen molar-refractivity contribution in [2.24, 2.45) is 29.6 Å². The van der Waals surface area contributed by atoms with Crippen LogP contribution in [0, 0.1) is 29.6 Å². The maximum atomic E-state index is 12.2. The van der Waals surface area contributed by atoms with Crippen LogP contribution in [-0.4, -0.2) is 5.78 Å². The van der Waals surface area contributed by atoms with Gasteiger partial charge in [0.05, 0.1) is 0 Å². The van der Waals surface area contributed by atoms with Crippen molar-refractivity contribution in [3.8, 4) is 0 Å². The summed E-state index contributed by atoms with van der Waals surface area (Å²) in [5.41, 5.74) is 1.34. The van der Waals surface area contributed by atoms with E-state index >= 15 is 0 Å². The number of rotatable bonds is 0. The molecule has 0 spiro atoms. The lowest BCUT2D eigenvalue weighted by Gasteiger charge is -2.27. The first kappa shape index (κ1) is 16.5. The van der Waals surface area contributed by atoms with Crippen molar-refractivity contribution in [1.82, 2.24) is 0 Å². The van der Waals surface area contributed by atoms with Gasteiger partial charge >= 0.3 is 0 Å². The average molecular weight is 264 g/mol. The van der Waals surface area contributed by atoms with Gasteiger partial charge < -0.3 is 0 Å². The summed E-state index contributed by atoms with van der Waals surface area (Å²) in [4.78, 5) is 12.2. The lowest BCUT2D eigenvalue weighted by Crippen LogP contribution is -2.22. The molecule has 1 nitrogen and oxygen atoms in total. The first-order valence-corrected chi connectivity index (χ1v) is 8.01. The highest BCUT2D eigenvalue weighted by molar-refractivity contribution is 5.80. The van der Waals surface area contributed by atoms with Gasteiger partial charge in [0, 0.05) is 12.3 Å². The zero-order valence-electron chi connectivity index (χ0n) is 13.5. The molecule has 5 atom stereocenters. The average Bonchev–Trinajstić information content (AvgIpc) is 2.33. The summed E-state index contributed by atoms with van der Waals surface area (Å²) in [5.74, 6) is 3.07. The number of carbonyl (C=O) groups is 1. The predicted octanol–water partition coefficient (Wildman–Crippen LogP) is 5.26. The molecule has 0 aromatic heterocycles. The zero-order chi connectivity index (χ0) is 14.6. The zero-order valence-corrected chi connectivity index (χ0v) is 13.5. The van der Waals surface area contributed by atoms with Gasteiger partial charge in [0.2, 0.25) is 0 Å². The minimum atomic E-state index is 0.188. The van der Waals surface area contributed by atoms with Gasteiger partial charge in [-0.3, -0.25) is 4.79 Å². The van der Waals surface area contributed by atoms with Gasteiger partial charge in [-0.25, -0.2) is 0 Å². The highest BCUT2D eigenvalue weighted by atomic mass is 16.1. The second-order valence-corrected chi connectivity index (χ2v) is 7.22. The first-order chi connectivity index (χ1) is 8.81. The van der Waals surface area contributed by atoms with Crippen molar-refractivity contribution in [3.05, 3.63) is 12.2 Å². The normalized spacial score (nSPS) is 39.5. The fraction of sp³-hybridized carbons (Fsp3) is 0.833. The molecule has 0 amide bonds. The van der Waals surface area contributed by atoms with Gasteiger partial charge in [-0.05, 0) is 49.4 Å². The van der Waals surface area contributed by atoms with E-state index in [0.717, 1.165) is 25.2 Å². The Morgan fingerprint density at radius 2 is 1.63 bits per heavy atom. The van der Waals surface area contributed by atoms with Crippen LogP contribution in [0.1, 0.15) is 66.7 Å². The van der Waals surface area contributed by atoms with Crippen LogP contribution in [0.25, 0.3) is 0 Å². The Labute approximate surface area is 119 Å². The molecular formula is C18H32O. The maximum absolute atomic E-state index is 12.2. The van der Waals surface area contributed by atoms with Crippen molar-refractivity contribution < 1.29 is 4.79 Å². The van der Waals surface area contributed by atoms with Crippen molar-refractivity contribution in [2.45, 2.75) is 66.7 Å². The molecule has 0 saturated heterocycles. The molecule has 1 fully saturated rings. The summed E-state index contributed by atoms with van der Waals surface area (Å²) in [7, 11) is 0. The molecule has 110 valence electrons. The van der Waals surface area contributed by atoms with Gasteiger partial charge in [-0.15, -0.1) is 0 Å². The van der Waals surface area contributed by atoms with E-state index < -0.39 is 0 Å². The largest absolute Gasteiger partial charge is 0.299 e. The molecule has 0 bridgehead atoms. The molecule has 0 aromatic carbocycles. The molecule has 1 saturated carbocycles. The highest BCUT2D eigenvalue weighted by Crippen LogP contribution is 2.32. The van der Waals surface area contributed by atoms with Gasteiger partial charge in [0.15, 0.2) is 0 Å². The monoisotopic (exact) mass is 264 g/mol. The standard InChI is InChI=1S/C18H32O/c1-12-7-8-18(19)17(6)16(5)11-15(4)14(3)10-13(2)9-12/h12-14,16-17H,4,7-11H2,1-3,5-6H3. The minimum Gasteiger partial charge on any atom is -0.299 e. The van der Waals surface area contributed by atoms with Crippen LogP contribution >= 0.6 is 0 Å². The van der Waals surface area contributed by atoms with Gasteiger partial charge in [0.25, 0.3) is 0 Å². The van der Waals surface area contributed by atoms with E-state index in [1.54, 1.807) is 0 Å². The van der Waals surface area contributed by atoms with Gasteiger partial charge in [-0.1, -0.05) is 46.8 Å². The minimum absolute atomic E-state index is 0.188. The third-order valence-electron chi connectivity index (χ3n) is 5.09. The number of hydrogen-bond acceptors (Lipinski definition) is 1. The predicted molar refractivity (Wildman–Crippen MR) is 83.1 cm³/mol. The summed E-state index contributed by atoms with van der Waals surface area (Å²) in [5, 5.41) is 0. The topological polar surface area (TPSA) is 17.1 Å². The molecule has 5 unspecified atom stereocenters. The van der Waals surface area contributed by atoms with Crippen molar-refractivity contribution in [3.63, 3.8) is 0 Å². The number of Topliss-reactive ketones (excluding diaryl/α,β-unsaturated/α-hetero) is 1. The van der Waals surface area contributed by atoms with Crippen LogP contribution in [0.2, 0.25) is 0 Å². The summed E-state index contributed by atoms with van der Waals surface area (Å²) in [6, 6.07) is 0. The van der Waals surface area contributed by atoms with Crippen LogP contribution < -0.4 is 0 Å². The lowest BCUT2D eigenvalue weighted by atomic mass is 9.78. The van der Waals surface area contributed by atoms with E-state index in [2.05, 4.69) is 41.2 Å². The van der Waals surface area contributed by atoms with Crippen molar-refractivity contribution in [2.75, 3.05) is 0 Å². The summed E-state index contributed by atoms with van der Waals surface area (Å²) in [6.45, 7) is 15.5. The van der Waals surface area contributed by atoms with Crippen LogP contribution in [0.5, 0.6) is 0 Å². The molecular weight excluding hydrogens is 232 g/mol.